The molecule has 1 amide bonds. The van der Waals surface area contributed by atoms with Crippen molar-refractivity contribution in [3.05, 3.63) is 106 Å². The van der Waals surface area contributed by atoms with Crippen LogP contribution in [0.15, 0.2) is 83.8 Å². The highest BCUT2D eigenvalue weighted by atomic mass is 16.5. The molecule has 0 saturated carbocycles. The van der Waals surface area contributed by atoms with Gasteiger partial charge in [0.05, 0.1) is 19.3 Å². The molecule has 0 atom stereocenters. The highest BCUT2D eigenvalue weighted by Gasteiger charge is 2.17. The van der Waals surface area contributed by atoms with E-state index in [0.29, 0.717) is 30.0 Å². The Morgan fingerprint density at radius 1 is 1.03 bits per heavy atom. The Labute approximate surface area is 179 Å². The first-order valence-corrected chi connectivity index (χ1v) is 9.84. The fourth-order valence-corrected chi connectivity index (χ4v) is 3.24. The Kier molecular flexibility index (Phi) is 5.93. The van der Waals surface area contributed by atoms with Gasteiger partial charge in [0.15, 0.2) is 0 Å². The third-order valence-corrected chi connectivity index (χ3v) is 4.87. The van der Waals surface area contributed by atoms with Crippen LogP contribution in [0.1, 0.15) is 21.6 Å². The summed E-state index contributed by atoms with van der Waals surface area (Å²) < 4.78 is 6.86. The zero-order valence-electron chi connectivity index (χ0n) is 17.0. The molecule has 156 valence electrons. The zero-order chi connectivity index (χ0) is 21.6. The lowest BCUT2D eigenvalue weighted by Gasteiger charge is -2.09. The molecular weight excluding hydrogens is 392 g/mol. The number of aromatic nitrogens is 3. The van der Waals surface area contributed by atoms with Crippen LogP contribution in [-0.2, 0) is 13.1 Å². The van der Waals surface area contributed by atoms with Gasteiger partial charge in [0.2, 0.25) is 5.56 Å². The maximum atomic E-state index is 13.0. The second-order valence-electron chi connectivity index (χ2n) is 7.03. The molecule has 0 aliphatic rings. The van der Waals surface area contributed by atoms with Gasteiger partial charge in [0.1, 0.15) is 11.4 Å². The smallest absolute Gasteiger partial charge is 0.269 e. The van der Waals surface area contributed by atoms with Crippen LogP contribution >= 0.6 is 0 Å². The van der Waals surface area contributed by atoms with Crippen molar-refractivity contribution in [3.8, 4) is 17.0 Å². The second-order valence-corrected chi connectivity index (χ2v) is 7.03. The molecule has 0 radical (unpaired) electrons. The number of hydrogen-bond acceptors (Lipinski definition) is 4. The van der Waals surface area contributed by atoms with Crippen molar-refractivity contribution in [2.75, 3.05) is 7.11 Å². The van der Waals surface area contributed by atoms with Gasteiger partial charge in [-0.3, -0.25) is 14.3 Å². The van der Waals surface area contributed by atoms with Crippen LogP contribution in [0.25, 0.3) is 11.3 Å². The van der Waals surface area contributed by atoms with Crippen LogP contribution in [0.5, 0.6) is 5.75 Å². The van der Waals surface area contributed by atoms with Crippen LogP contribution in [0.4, 0.5) is 0 Å². The quantitative estimate of drug-likeness (QED) is 0.486. The van der Waals surface area contributed by atoms with E-state index in [-0.39, 0.29) is 11.5 Å². The summed E-state index contributed by atoms with van der Waals surface area (Å²) in [5.74, 6) is 0.523. The van der Waals surface area contributed by atoms with Crippen molar-refractivity contribution in [3.63, 3.8) is 0 Å². The molecule has 4 rings (SSSR count). The van der Waals surface area contributed by atoms with Gasteiger partial charge in [-0.25, -0.2) is 0 Å². The molecule has 0 fully saturated rings. The number of benzene rings is 2. The minimum atomic E-state index is -0.235. The minimum Gasteiger partial charge on any atom is -0.497 e. The summed E-state index contributed by atoms with van der Waals surface area (Å²) in [6.07, 6.45) is 1.56. The molecule has 7 heteroatoms. The fourth-order valence-electron chi connectivity index (χ4n) is 3.24. The monoisotopic (exact) mass is 414 g/mol. The standard InChI is InChI=1S/C24H22N4O3/c1-31-20-9-7-18(8-10-20)16-28-22(24(30)26-15-17-5-3-2-4-6-17)14-21(27-28)19-11-12-25-23(29)13-19/h2-14H,15-16H2,1H3,(H,25,29)(H,26,30). The molecule has 4 aromatic rings. The van der Waals surface area contributed by atoms with E-state index in [9.17, 15) is 9.59 Å². The summed E-state index contributed by atoms with van der Waals surface area (Å²) in [4.78, 5) is 27.3. The summed E-state index contributed by atoms with van der Waals surface area (Å²) in [6, 6.07) is 22.2. The number of H-pyrrole nitrogens is 1. The number of nitrogens with zero attached hydrogens (tertiary/aromatic N) is 2. The van der Waals surface area contributed by atoms with Crippen molar-refractivity contribution >= 4 is 5.91 Å². The van der Waals surface area contributed by atoms with Crippen LogP contribution in [0, 0.1) is 0 Å². The van der Waals surface area contributed by atoms with E-state index in [1.54, 1.807) is 30.1 Å². The molecule has 0 bridgehead atoms. The van der Waals surface area contributed by atoms with Crippen molar-refractivity contribution in [2.45, 2.75) is 13.1 Å². The first-order chi connectivity index (χ1) is 15.1. The molecule has 0 spiro atoms. The normalized spacial score (nSPS) is 10.6. The Hall–Kier alpha value is -4.13. The molecule has 0 aliphatic carbocycles. The summed E-state index contributed by atoms with van der Waals surface area (Å²) in [5, 5.41) is 7.56. The molecule has 2 aromatic heterocycles. The van der Waals surface area contributed by atoms with Gasteiger partial charge in [-0.15, -0.1) is 0 Å². The Morgan fingerprint density at radius 3 is 2.52 bits per heavy atom. The topological polar surface area (TPSA) is 89.0 Å². The van der Waals surface area contributed by atoms with Gasteiger partial charge in [-0.1, -0.05) is 42.5 Å². The fraction of sp³-hybridized carbons (Fsp3) is 0.125. The van der Waals surface area contributed by atoms with Gasteiger partial charge < -0.3 is 15.0 Å². The Morgan fingerprint density at radius 2 is 1.81 bits per heavy atom. The van der Waals surface area contributed by atoms with Gasteiger partial charge in [-0.2, -0.15) is 5.10 Å². The second kappa shape index (κ2) is 9.13. The molecule has 7 nitrogen and oxygen atoms in total. The SMILES string of the molecule is COc1ccc(Cn2nc(-c3cc[nH]c(=O)c3)cc2C(=O)NCc2ccccc2)cc1. The number of carbonyl (C=O) groups excluding carboxylic acids is 1. The van der Waals surface area contributed by atoms with Crippen LogP contribution in [0.3, 0.4) is 0 Å². The first kappa shape index (κ1) is 20.2. The predicted molar refractivity (Wildman–Crippen MR) is 118 cm³/mol. The third-order valence-electron chi connectivity index (χ3n) is 4.87. The van der Waals surface area contributed by atoms with Gasteiger partial charge in [-0.05, 0) is 35.4 Å². The molecular formula is C24H22N4O3. The average molecular weight is 414 g/mol. The van der Waals surface area contributed by atoms with E-state index in [0.717, 1.165) is 16.9 Å². The number of rotatable bonds is 7. The maximum absolute atomic E-state index is 13.0. The summed E-state index contributed by atoms with van der Waals surface area (Å²) in [5.41, 5.74) is 3.38. The van der Waals surface area contributed by atoms with Crippen molar-refractivity contribution in [1.82, 2.24) is 20.1 Å². The number of amides is 1. The number of carbonyl (C=O) groups is 1. The average Bonchev–Trinajstić information content (AvgIpc) is 3.22. The van der Waals surface area contributed by atoms with Crippen molar-refractivity contribution in [2.24, 2.45) is 0 Å². The minimum absolute atomic E-state index is 0.225. The molecule has 2 aromatic carbocycles. The van der Waals surface area contributed by atoms with Crippen LogP contribution in [-0.4, -0.2) is 27.8 Å². The van der Waals surface area contributed by atoms with E-state index < -0.39 is 0 Å². The number of nitrogens with one attached hydrogen (secondary N) is 2. The summed E-state index contributed by atoms with van der Waals surface area (Å²) in [7, 11) is 1.62. The van der Waals surface area contributed by atoms with Crippen molar-refractivity contribution in [1.29, 1.82) is 0 Å². The highest BCUT2D eigenvalue weighted by molar-refractivity contribution is 5.93. The Bertz CT molecular complexity index is 1230. The van der Waals surface area contributed by atoms with E-state index in [1.807, 2.05) is 54.6 Å². The molecule has 31 heavy (non-hydrogen) atoms. The van der Waals surface area contributed by atoms with Gasteiger partial charge in [0, 0.05) is 24.4 Å². The molecule has 2 heterocycles. The number of methoxy groups -OCH3 is 1. The summed E-state index contributed by atoms with van der Waals surface area (Å²) >= 11 is 0. The zero-order valence-corrected chi connectivity index (χ0v) is 17.0. The largest absolute Gasteiger partial charge is 0.497 e. The number of pyridine rings is 1. The van der Waals surface area contributed by atoms with Crippen molar-refractivity contribution < 1.29 is 9.53 Å². The van der Waals surface area contributed by atoms with E-state index in [2.05, 4.69) is 15.4 Å². The lowest BCUT2D eigenvalue weighted by Crippen LogP contribution is -2.26. The Balaban J connectivity index is 1.63. The predicted octanol–water partition coefficient (Wildman–Crippen LogP) is 3.23. The van der Waals surface area contributed by atoms with Crippen LogP contribution in [0.2, 0.25) is 0 Å². The number of ether oxygens (including phenoxy) is 1. The third kappa shape index (κ3) is 4.90. The maximum Gasteiger partial charge on any atom is 0.269 e. The van der Waals surface area contributed by atoms with E-state index in [4.69, 9.17) is 4.74 Å². The lowest BCUT2D eigenvalue weighted by molar-refractivity contribution is 0.0940. The van der Waals surface area contributed by atoms with Gasteiger partial charge >= 0.3 is 0 Å². The molecule has 0 aliphatic heterocycles. The molecule has 0 saturated heterocycles. The van der Waals surface area contributed by atoms with Gasteiger partial charge in [0.25, 0.3) is 5.91 Å². The number of aromatic amines is 1. The first-order valence-electron chi connectivity index (χ1n) is 9.84. The number of hydrogen-bond donors (Lipinski definition) is 2. The molecule has 2 N–H and O–H groups in total. The lowest BCUT2D eigenvalue weighted by atomic mass is 10.2. The van der Waals surface area contributed by atoms with Crippen LogP contribution < -0.4 is 15.6 Å². The highest BCUT2D eigenvalue weighted by Crippen LogP contribution is 2.19. The van der Waals surface area contributed by atoms with E-state index in [1.165, 1.54) is 6.07 Å². The molecule has 0 unspecified atom stereocenters. The van der Waals surface area contributed by atoms with E-state index >= 15 is 0 Å². The summed E-state index contributed by atoms with van der Waals surface area (Å²) in [6.45, 7) is 0.814.